The third-order valence-corrected chi connectivity index (χ3v) is 6.27. The fourth-order valence-electron chi connectivity index (χ4n) is 4.34. The highest BCUT2D eigenvalue weighted by Gasteiger charge is 2.38. The van der Waals surface area contributed by atoms with E-state index in [1.54, 1.807) is 23.2 Å². The number of hydrogen-bond acceptors (Lipinski definition) is 5. The van der Waals surface area contributed by atoms with Crippen LogP contribution in [0.15, 0.2) is 85.1 Å². The number of nitrogens with one attached hydrogen (secondary N) is 2. The summed E-state index contributed by atoms with van der Waals surface area (Å²) in [6.07, 6.45) is 1.06. The van der Waals surface area contributed by atoms with Crippen LogP contribution in [0, 0.1) is 0 Å². The average molecular weight is 487 g/mol. The number of amides is 3. The van der Waals surface area contributed by atoms with E-state index in [1.807, 2.05) is 66.7 Å². The molecule has 3 amide bonds. The van der Waals surface area contributed by atoms with Gasteiger partial charge in [-0.3, -0.25) is 19.4 Å². The molecule has 186 valence electrons. The molecule has 36 heavy (non-hydrogen) atoms. The molecule has 0 aliphatic carbocycles. The molecule has 4 rings (SSSR count). The minimum absolute atomic E-state index is 0.0905. The Bertz CT molecular complexity index is 1160. The number of carbonyl (C=O) groups excluding carboxylic acids is 3. The number of hydrogen-bond donors (Lipinski definition) is 3. The molecule has 1 fully saturated rings. The maximum Gasteiger partial charge on any atom is 0.251 e. The summed E-state index contributed by atoms with van der Waals surface area (Å²) in [5.41, 5.74) is 2.45. The van der Waals surface area contributed by atoms with Gasteiger partial charge in [-0.05, 0) is 36.1 Å². The molecule has 1 aliphatic heterocycles. The lowest BCUT2D eigenvalue weighted by molar-refractivity contribution is -0.138. The first-order valence-corrected chi connectivity index (χ1v) is 12.0. The van der Waals surface area contributed by atoms with Crippen LogP contribution in [0.2, 0.25) is 0 Å². The van der Waals surface area contributed by atoms with Gasteiger partial charge in [0, 0.05) is 19.2 Å². The molecule has 1 aromatic heterocycles. The van der Waals surface area contributed by atoms with E-state index >= 15 is 0 Å². The highest BCUT2D eigenvalue weighted by Crippen LogP contribution is 2.22. The van der Waals surface area contributed by atoms with Crippen molar-refractivity contribution in [1.82, 2.24) is 20.5 Å². The van der Waals surface area contributed by atoms with Crippen molar-refractivity contribution in [3.8, 4) is 0 Å². The van der Waals surface area contributed by atoms with Crippen molar-refractivity contribution in [1.29, 1.82) is 0 Å². The molecule has 0 spiro atoms. The quantitative estimate of drug-likeness (QED) is 0.406. The number of rotatable bonds is 10. The van der Waals surface area contributed by atoms with Crippen molar-refractivity contribution in [2.24, 2.45) is 0 Å². The number of likely N-dealkylation sites (tertiary alicyclic amines) is 1. The highest BCUT2D eigenvalue weighted by molar-refractivity contribution is 5.91. The Balaban J connectivity index is 1.46. The zero-order valence-electron chi connectivity index (χ0n) is 19.9. The SMILES string of the molecule is O=C(NCc1ccccn1)[C@@H](O)[C@@H](Cc1ccccc1)NC(=O)[C@H]1CCC(=O)N1Cc1ccccc1. The van der Waals surface area contributed by atoms with Crippen LogP contribution in [0.1, 0.15) is 29.7 Å². The summed E-state index contributed by atoms with van der Waals surface area (Å²) >= 11 is 0. The lowest BCUT2D eigenvalue weighted by Crippen LogP contribution is -2.55. The van der Waals surface area contributed by atoms with Gasteiger partial charge < -0.3 is 20.6 Å². The van der Waals surface area contributed by atoms with Crippen LogP contribution in [-0.4, -0.2) is 50.9 Å². The molecule has 2 aromatic carbocycles. The summed E-state index contributed by atoms with van der Waals surface area (Å²) in [4.78, 5) is 44.4. The molecule has 8 heteroatoms. The topological polar surface area (TPSA) is 112 Å². The standard InChI is InChI=1S/C28H30N4O4/c33-25-15-14-24(32(25)19-21-11-5-2-6-12-21)27(35)31-23(17-20-9-3-1-4-10-20)26(34)28(36)30-18-22-13-7-8-16-29-22/h1-13,16,23-24,26,34H,14-15,17-19H2,(H,30,36)(H,31,35)/t23-,24-,26+/m1/s1. The zero-order valence-corrected chi connectivity index (χ0v) is 19.9. The lowest BCUT2D eigenvalue weighted by Gasteiger charge is -2.28. The summed E-state index contributed by atoms with van der Waals surface area (Å²) < 4.78 is 0. The van der Waals surface area contributed by atoms with Gasteiger partial charge in [0.2, 0.25) is 11.8 Å². The first kappa shape index (κ1) is 25.1. The van der Waals surface area contributed by atoms with Gasteiger partial charge in [-0.25, -0.2) is 0 Å². The molecule has 8 nitrogen and oxygen atoms in total. The van der Waals surface area contributed by atoms with Crippen molar-refractivity contribution < 1.29 is 19.5 Å². The minimum Gasteiger partial charge on any atom is -0.381 e. The Morgan fingerprint density at radius 2 is 1.64 bits per heavy atom. The largest absolute Gasteiger partial charge is 0.381 e. The monoisotopic (exact) mass is 486 g/mol. The molecule has 2 heterocycles. The van der Waals surface area contributed by atoms with Gasteiger partial charge in [0.15, 0.2) is 6.10 Å². The van der Waals surface area contributed by atoms with Crippen molar-refractivity contribution >= 4 is 17.7 Å². The Hall–Kier alpha value is -4.04. The van der Waals surface area contributed by atoms with Gasteiger partial charge in [0.25, 0.3) is 5.91 Å². The Labute approximate surface area is 210 Å². The van der Waals surface area contributed by atoms with E-state index < -0.39 is 24.1 Å². The smallest absolute Gasteiger partial charge is 0.251 e. The van der Waals surface area contributed by atoms with Crippen LogP contribution in [0.25, 0.3) is 0 Å². The number of benzene rings is 2. The molecule has 3 N–H and O–H groups in total. The van der Waals surface area contributed by atoms with Crippen molar-refractivity contribution in [3.63, 3.8) is 0 Å². The number of aromatic nitrogens is 1. The van der Waals surface area contributed by atoms with Crippen molar-refractivity contribution in [2.45, 2.75) is 50.5 Å². The van der Waals surface area contributed by atoms with E-state index in [1.165, 1.54) is 0 Å². The second-order valence-electron chi connectivity index (χ2n) is 8.85. The van der Waals surface area contributed by atoms with Crippen LogP contribution >= 0.6 is 0 Å². The Morgan fingerprint density at radius 1 is 0.972 bits per heavy atom. The molecule has 0 unspecified atom stereocenters. The lowest BCUT2D eigenvalue weighted by atomic mass is 9.99. The molecular weight excluding hydrogens is 456 g/mol. The van der Waals surface area contributed by atoms with Crippen molar-refractivity contribution in [3.05, 3.63) is 102 Å². The molecule has 1 aliphatic rings. The normalized spacial score (nSPS) is 16.9. The van der Waals surface area contributed by atoms with Gasteiger partial charge in [-0.2, -0.15) is 0 Å². The van der Waals surface area contributed by atoms with Gasteiger partial charge in [0.1, 0.15) is 6.04 Å². The summed E-state index contributed by atoms with van der Waals surface area (Å²) in [6, 6.07) is 22.7. The molecular formula is C28H30N4O4. The number of nitrogens with zero attached hydrogens (tertiary/aromatic N) is 2. The fourth-order valence-corrected chi connectivity index (χ4v) is 4.34. The Morgan fingerprint density at radius 3 is 2.31 bits per heavy atom. The van der Waals surface area contributed by atoms with E-state index in [2.05, 4.69) is 15.6 Å². The Kier molecular flexibility index (Phi) is 8.41. The maximum atomic E-state index is 13.3. The van der Waals surface area contributed by atoms with E-state index in [4.69, 9.17) is 0 Å². The van der Waals surface area contributed by atoms with Crippen LogP contribution in [0.5, 0.6) is 0 Å². The van der Waals surface area contributed by atoms with E-state index in [9.17, 15) is 19.5 Å². The van der Waals surface area contributed by atoms with Crippen LogP contribution in [0.4, 0.5) is 0 Å². The third-order valence-electron chi connectivity index (χ3n) is 6.27. The maximum absolute atomic E-state index is 13.3. The predicted octanol–water partition coefficient (Wildman–Crippen LogP) is 1.98. The summed E-state index contributed by atoms with van der Waals surface area (Å²) in [5.74, 6) is -1.08. The van der Waals surface area contributed by atoms with E-state index in [0.717, 1.165) is 11.1 Å². The first-order chi connectivity index (χ1) is 17.5. The summed E-state index contributed by atoms with van der Waals surface area (Å²) in [7, 11) is 0. The van der Waals surface area contributed by atoms with Crippen LogP contribution in [0.3, 0.4) is 0 Å². The molecule has 1 saturated heterocycles. The summed E-state index contributed by atoms with van der Waals surface area (Å²) in [5, 5.41) is 16.5. The van der Waals surface area contributed by atoms with Gasteiger partial charge in [-0.15, -0.1) is 0 Å². The molecule has 0 bridgehead atoms. The number of aliphatic hydroxyl groups is 1. The van der Waals surface area contributed by atoms with Gasteiger partial charge in [-0.1, -0.05) is 66.7 Å². The molecule has 0 saturated carbocycles. The van der Waals surface area contributed by atoms with Crippen LogP contribution in [-0.2, 0) is 33.9 Å². The second-order valence-corrected chi connectivity index (χ2v) is 8.85. The molecule has 0 radical (unpaired) electrons. The van der Waals surface area contributed by atoms with Crippen molar-refractivity contribution in [2.75, 3.05) is 0 Å². The van der Waals surface area contributed by atoms with E-state index in [0.29, 0.717) is 18.7 Å². The van der Waals surface area contributed by atoms with E-state index in [-0.39, 0.29) is 31.2 Å². The fraction of sp³-hybridized carbons (Fsp3) is 0.286. The third kappa shape index (κ3) is 6.55. The van der Waals surface area contributed by atoms with Gasteiger partial charge >= 0.3 is 0 Å². The number of aliphatic hydroxyl groups excluding tert-OH is 1. The predicted molar refractivity (Wildman–Crippen MR) is 134 cm³/mol. The van der Waals surface area contributed by atoms with Gasteiger partial charge in [0.05, 0.1) is 18.3 Å². The highest BCUT2D eigenvalue weighted by atomic mass is 16.3. The minimum atomic E-state index is -1.49. The van der Waals surface area contributed by atoms with Crippen LogP contribution < -0.4 is 10.6 Å². The second kappa shape index (κ2) is 12.1. The zero-order chi connectivity index (χ0) is 25.3. The number of pyridine rings is 1. The molecule has 3 aromatic rings. The number of carbonyl (C=O) groups is 3. The molecule has 3 atom stereocenters. The first-order valence-electron chi connectivity index (χ1n) is 12.0. The average Bonchev–Trinajstić information content (AvgIpc) is 3.28. The summed E-state index contributed by atoms with van der Waals surface area (Å²) in [6.45, 7) is 0.485.